The summed E-state index contributed by atoms with van der Waals surface area (Å²) in [6.45, 7) is 0.386. The summed E-state index contributed by atoms with van der Waals surface area (Å²) >= 11 is 0. The highest BCUT2D eigenvalue weighted by atomic mass is 16.6. The molecule has 2 heterocycles. The molecular weight excluding hydrogens is 264 g/mol. The minimum Gasteiger partial charge on any atom is -0.424 e. The van der Waals surface area contributed by atoms with Crippen LogP contribution in [0.3, 0.4) is 0 Å². The number of hydrogen-bond acceptors (Lipinski definition) is 7. The van der Waals surface area contributed by atoms with Crippen molar-refractivity contribution in [1.82, 2.24) is 15.2 Å². The molecule has 0 bridgehead atoms. The van der Waals surface area contributed by atoms with Crippen LogP contribution in [0.5, 0.6) is 0 Å². The van der Waals surface area contributed by atoms with Crippen LogP contribution in [0.2, 0.25) is 0 Å². The molecule has 102 valence electrons. The van der Waals surface area contributed by atoms with E-state index in [2.05, 4.69) is 20.5 Å². The van der Waals surface area contributed by atoms with E-state index >= 15 is 0 Å². The molecule has 3 aromatic rings. The summed E-state index contributed by atoms with van der Waals surface area (Å²) in [4.78, 5) is 14.3. The van der Waals surface area contributed by atoms with Crippen LogP contribution in [-0.4, -0.2) is 20.1 Å². The summed E-state index contributed by atoms with van der Waals surface area (Å²) in [7, 11) is 0. The molecule has 0 aliphatic carbocycles. The van der Waals surface area contributed by atoms with E-state index in [4.69, 9.17) is 10.2 Å². The van der Waals surface area contributed by atoms with E-state index in [1.54, 1.807) is 6.20 Å². The maximum atomic E-state index is 10.7. The van der Waals surface area contributed by atoms with Crippen LogP contribution in [0, 0.1) is 10.1 Å². The highest BCUT2D eigenvalue weighted by molar-refractivity contribution is 5.77. The first kappa shape index (κ1) is 12.0. The average Bonchev–Trinajstić information content (AvgIpc) is 3.00. The Balaban J connectivity index is 1.82. The summed E-state index contributed by atoms with van der Waals surface area (Å²) in [6, 6.07) is 4.50. The van der Waals surface area contributed by atoms with Gasteiger partial charge in [0.1, 0.15) is 11.3 Å². The monoisotopic (exact) mass is 274 g/mol. The topological polar surface area (TPSA) is 136 Å². The average molecular weight is 274 g/mol. The van der Waals surface area contributed by atoms with Gasteiger partial charge in [-0.15, -0.1) is 0 Å². The van der Waals surface area contributed by atoms with Crippen molar-refractivity contribution in [3.63, 3.8) is 0 Å². The van der Waals surface area contributed by atoms with Crippen molar-refractivity contribution >= 4 is 28.6 Å². The van der Waals surface area contributed by atoms with Gasteiger partial charge in [-0.1, -0.05) is 0 Å². The predicted octanol–water partition coefficient (Wildman–Crippen LogP) is 1.65. The summed E-state index contributed by atoms with van der Waals surface area (Å²) in [5.41, 5.74) is 7.28. The number of H-pyrrole nitrogens is 1. The molecular formula is C11H10N6O3. The number of aromatic nitrogens is 3. The lowest BCUT2D eigenvalue weighted by atomic mass is 10.3. The number of nitro groups is 1. The van der Waals surface area contributed by atoms with Crippen molar-refractivity contribution in [3.05, 3.63) is 40.1 Å². The SMILES string of the molecule is Nc1[nH]ncc1CNc1nc2cc([N+](=O)[O-])ccc2o1. The minimum absolute atomic E-state index is 0.0311. The van der Waals surface area contributed by atoms with Crippen molar-refractivity contribution in [1.29, 1.82) is 0 Å². The number of hydrogen-bond donors (Lipinski definition) is 3. The number of oxazole rings is 1. The normalized spacial score (nSPS) is 10.8. The zero-order chi connectivity index (χ0) is 14.1. The summed E-state index contributed by atoms with van der Waals surface area (Å²) in [5, 5.41) is 20.0. The van der Waals surface area contributed by atoms with E-state index in [0.717, 1.165) is 5.56 Å². The Labute approximate surface area is 111 Å². The number of benzene rings is 1. The van der Waals surface area contributed by atoms with Gasteiger partial charge in [0.05, 0.1) is 11.1 Å². The third-order valence-corrected chi connectivity index (χ3v) is 2.76. The van der Waals surface area contributed by atoms with E-state index < -0.39 is 4.92 Å². The first-order chi connectivity index (χ1) is 9.63. The standard InChI is InChI=1S/C11H10N6O3/c12-10-6(5-14-16-10)4-13-11-15-8-3-7(17(18)19)1-2-9(8)20-11/h1-3,5H,4H2,(H,13,15)(H3,12,14,16). The van der Waals surface area contributed by atoms with Crippen molar-refractivity contribution in [2.75, 3.05) is 11.1 Å². The largest absolute Gasteiger partial charge is 0.424 e. The molecule has 0 fully saturated rings. The first-order valence-electron chi connectivity index (χ1n) is 5.70. The van der Waals surface area contributed by atoms with Gasteiger partial charge in [-0.05, 0) is 6.07 Å². The van der Waals surface area contributed by atoms with Gasteiger partial charge < -0.3 is 15.5 Å². The molecule has 0 aliphatic heterocycles. The third kappa shape index (κ3) is 2.11. The van der Waals surface area contributed by atoms with Crippen LogP contribution >= 0.6 is 0 Å². The first-order valence-corrected chi connectivity index (χ1v) is 5.70. The second-order valence-corrected chi connectivity index (χ2v) is 4.09. The highest BCUT2D eigenvalue weighted by Gasteiger charge is 2.11. The fraction of sp³-hybridized carbons (Fsp3) is 0.0909. The lowest BCUT2D eigenvalue weighted by molar-refractivity contribution is -0.384. The maximum absolute atomic E-state index is 10.7. The maximum Gasteiger partial charge on any atom is 0.295 e. The van der Waals surface area contributed by atoms with Gasteiger partial charge >= 0.3 is 0 Å². The van der Waals surface area contributed by atoms with E-state index in [1.807, 2.05) is 0 Å². The third-order valence-electron chi connectivity index (χ3n) is 2.76. The molecule has 9 nitrogen and oxygen atoms in total. The van der Waals surface area contributed by atoms with Gasteiger partial charge in [-0.25, -0.2) is 0 Å². The van der Waals surface area contributed by atoms with Gasteiger partial charge in [-0.3, -0.25) is 15.2 Å². The molecule has 4 N–H and O–H groups in total. The van der Waals surface area contributed by atoms with Gasteiger partial charge in [0.25, 0.3) is 11.7 Å². The molecule has 20 heavy (non-hydrogen) atoms. The Kier molecular flexibility index (Phi) is 2.71. The number of nitrogens with one attached hydrogen (secondary N) is 2. The lowest BCUT2D eigenvalue weighted by Gasteiger charge is -1.98. The summed E-state index contributed by atoms with van der Waals surface area (Å²) < 4.78 is 5.42. The van der Waals surface area contributed by atoms with Crippen LogP contribution < -0.4 is 11.1 Å². The van der Waals surface area contributed by atoms with Gasteiger partial charge in [-0.2, -0.15) is 10.1 Å². The summed E-state index contributed by atoms with van der Waals surface area (Å²) in [6.07, 6.45) is 1.59. The van der Waals surface area contributed by atoms with Gasteiger partial charge in [0.15, 0.2) is 5.58 Å². The number of nitro benzene ring substituents is 1. The second kappa shape index (κ2) is 4.53. The number of rotatable bonds is 4. The van der Waals surface area contributed by atoms with Crippen molar-refractivity contribution in [3.8, 4) is 0 Å². The molecule has 0 radical (unpaired) electrons. The van der Waals surface area contributed by atoms with Crippen LogP contribution in [0.1, 0.15) is 5.56 Å². The predicted molar refractivity (Wildman–Crippen MR) is 71.0 cm³/mol. The van der Waals surface area contributed by atoms with Crippen LogP contribution in [-0.2, 0) is 6.54 Å². The van der Waals surface area contributed by atoms with Crippen LogP contribution in [0.25, 0.3) is 11.1 Å². The molecule has 0 atom stereocenters. The Bertz CT molecular complexity index is 777. The number of nitrogens with zero attached hydrogens (tertiary/aromatic N) is 3. The number of anilines is 2. The highest BCUT2D eigenvalue weighted by Crippen LogP contribution is 2.23. The zero-order valence-corrected chi connectivity index (χ0v) is 10.2. The van der Waals surface area contributed by atoms with E-state index in [1.165, 1.54) is 18.2 Å². The molecule has 0 unspecified atom stereocenters. The number of nitrogen functional groups attached to an aromatic ring is 1. The smallest absolute Gasteiger partial charge is 0.295 e. The van der Waals surface area contributed by atoms with Crippen molar-refractivity contribution in [2.45, 2.75) is 6.54 Å². The fourth-order valence-corrected chi connectivity index (χ4v) is 1.74. The number of fused-ring (bicyclic) bond motifs is 1. The quantitative estimate of drug-likeness (QED) is 0.486. The Hall–Kier alpha value is -3.10. The molecule has 1 aromatic carbocycles. The molecule has 0 spiro atoms. The Morgan fingerprint density at radius 1 is 1.50 bits per heavy atom. The van der Waals surface area contributed by atoms with Gasteiger partial charge in [0, 0.05) is 24.2 Å². The van der Waals surface area contributed by atoms with Crippen LogP contribution in [0.15, 0.2) is 28.8 Å². The Morgan fingerprint density at radius 2 is 2.35 bits per heavy atom. The van der Waals surface area contributed by atoms with Crippen LogP contribution in [0.4, 0.5) is 17.5 Å². The molecule has 0 aliphatic rings. The number of aromatic amines is 1. The minimum atomic E-state index is -0.479. The molecule has 3 rings (SSSR count). The summed E-state index contributed by atoms with van der Waals surface area (Å²) in [5.74, 6) is 0.462. The fourth-order valence-electron chi connectivity index (χ4n) is 1.74. The van der Waals surface area contributed by atoms with Crippen molar-refractivity contribution < 1.29 is 9.34 Å². The molecule has 9 heteroatoms. The van der Waals surface area contributed by atoms with Crippen molar-refractivity contribution in [2.24, 2.45) is 0 Å². The molecule has 0 amide bonds. The van der Waals surface area contributed by atoms with E-state index in [0.29, 0.717) is 23.5 Å². The number of non-ortho nitro benzene ring substituents is 1. The number of nitrogens with two attached hydrogens (primary N) is 1. The van der Waals surface area contributed by atoms with E-state index in [-0.39, 0.29) is 11.7 Å². The van der Waals surface area contributed by atoms with Gasteiger partial charge in [0.2, 0.25) is 0 Å². The molecule has 2 aromatic heterocycles. The lowest BCUT2D eigenvalue weighted by Crippen LogP contribution is -2.01. The molecule has 0 saturated carbocycles. The van der Waals surface area contributed by atoms with E-state index in [9.17, 15) is 10.1 Å². The molecule has 0 saturated heterocycles. The Morgan fingerprint density at radius 3 is 3.05 bits per heavy atom. The second-order valence-electron chi connectivity index (χ2n) is 4.09. The zero-order valence-electron chi connectivity index (χ0n) is 10.2.